The molecule has 1 heterocycles. The Morgan fingerprint density at radius 2 is 1.67 bits per heavy atom. The van der Waals surface area contributed by atoms with Crippen molar-refractivity contribution in [2.24, 2.45) is 11.8 Å². The fraction of sp³-hybridized carbons (Fsp3) is 0.600. The molecule has 1 saturated heterocycles. The van der Waals surface area contributed by atoms with E-state index in [2.05, 4.69) is 0 Å². The fourth-order valence-electron chi connectivity index (χ4n) is 2.91. The molecule has 0 atom stereocenters. The number of hydrogen-bond acceptors (Lipinski definition) is 4. The van der Waals surface area contributed by atoms with Crippen molar-refractivity contribution in [3.63, 3.8) is 0 Å². The summed E-state index contributed by atoms with van der Waals surface area (Å²) in [6.45, 7) is 10.5. The van der Waals surface area contributed by atoms with Gasteiger partial charge in [-0.3, -0.25) is 9.59 Å². The Kier molecular flexibility index (Phi) is 7.36. The normalized spacial score (nSPS) is 14.7. The second-order valence-corrected chi connectivity index (χ2v) is 7.87. The quantitative estimate of drug-likeness (QED) is 0.740. The van der Waals surface area contributed by atoms with Crippen LogP contribution in [0.3, 0.4) is 0 Å². The first-order valence-electron chi connectivity index (χ1n) is 9.33. The van der Waals surface area contributed by atoms with Crippen LogP contribution in [0.5, 0.6) is 11.5 Å². The van der Waals surface area contributed by atoms with Crippen molar-refractivity contribution in [2.45, 2.75) is 27.7 Å². The lowest BCUT2D eigenvalue weighted by molar-refractivity contribution is -0.135. The highest BCUT2D eigenvalue weighted by atomic mass is 35.5. The van der Waals surface area contributed by atoms with E-state index in [1.54, 1.807) is 17.0 Å². The Morgan fingerprint density at radius 1 is 1.07 bits per heavy atom. The van der Waals surface area contributed by atoms with Gasteiger partial charge in [-0.25, -0.2) is 0 Å². The zero-order valence-corrected chi connectivity index (χ0v) is 17.5. The van der Waals surface area contributed by atoms with Gasteiger partial charge >= 0.3 is 0 Å². The van der Waals surface area contributed by atoms with Crippen molar-refractivity contribution in [3.05, 3.63) is 22.7 Å². The van der Waals surface area contributed by atoms with Crippen molar-refractivity contribution >= 4 is 23.4 Å². The molecule has 0 aromatic heterocycles. The molecular weight excluding hydrogens is 368 g/mol. The molecule has 0 bridgehead atoms. The van der Waals surface area contributed by atoms with Gasteiger partial charge in [0.1, 0.15) is 0 Å². The number of ether oxygens (including phenoxy) is 2. The van der Waals surface area contributed by atoms with E-state index >= 15 is 0 Å². The molecule has 27 heavy (non-hydrogen) atoms. The molecule has 0 spiro atoms. The van der Waals surface area contributed by atoms with E-state index in [1.165, 1.54) is 7.11 Å². The van der Waals surface area contributed by atoms with Gasteiger partial charge < -0.3 is 19.3 Å². The highest BCUT2D eigenvalue weighted by Gasteiger charge is 2.27. The molecule has 1 aromatic carbocycles. The summed E-state index contributed by atoms with van der Waals surface area (Å²) in [5.74, 6) is 1.21. The Bertz CT molecular complexity index is 683. The number of methoxy groups -OCH3 is 1. The van der Waals surface area contributed by atoms with Crippen LogP contribution in [0.4, 0.5) is 0 Å². The predicted molar refractivity (Wildman–Crippen MR) is 106 cm³/mol. The number of piperazine rings is 1. The number of carbonyl (C=O) groups excluding carboxylic acids is 2. The maximum absolute atomic E-state index is 12.9. The Hall–Kier alpha value is -1.95. The zero-order chi connectivity index (χ0) is 20.1. The van der Waals surface area contributed by atoms with Crippen molar-refractivity contribution in [1.29, 1.82) is 0 Å². The largest absolute Gasteiger partial charge is 0.493 e. The molecule has 2 amide bonds. The van der Waals surface area contributed by atoms with Crippen LogP contribution < -0.4 is 9.47 Å². The topological polar surface area (TPSA) is 59.1 Å². The Balaban J connectivity index is 2.11. The number of carbonyl (C=O) groups is 2. The molecule has 0 saturated carbocycles. The van der Waals surface area contributed by atoms with Crippen LogP contribution in [0.1, 0.15) is 38.1 Å². The summed E-state index contributed by atoms with van der Waals surface area (Å²) in [6, 6.07) is 3.28. The minimum atomic E-state index is -0.123. The van der Waals surface area contributed by atoms with Gasteiger partial charge in [-0.2, -0.15) is 0 Å². The van der Waals surface area contributed by atoms with Gasteiger partial charge in [0.25, 0.3) is 5.91 Å². The maximum atomic E-state index is 12.9. The van der Waals surface area contributed by atoms with Crippen LogP contribution in [-0.2, 0) is 4.79 Å². The molecule has 0 aliphatic carbocycles. The maximum Gasteiger partial charge on any atom is 0.254 e. The van der Waals surface area contributed by atoms with E-state index in [1.807, 2.05) is 32.6 Å². The molecule has 2 rings (SSSR count). The molecule has 1 fully saturated rings. The van der Waals surface area contributed by atoms with E-state index < -0.39 is 0 Å². The van der Waals surface area contributed by atoms with E-state index in [0.717, 1.165) is 0 Å². The third-order valence-electron chi connectivity index (χ3n) is 4.41. The molecule has 6 nitrogen and oxygen atoms in total. The van der Waals surface area contributed by atoms with Gasteiger partial charge in [0.2, 0.25) is 5.91 Å². The van der Waals surface area contributed by atoms with Crippen LogP contribution in [-0.4, -0.2) is 61.5 Å². The van der Waals surface area contributed by atoms with E-state index in [4.69, 9.17) is 21.1 Å². The SMILES string of the molecule is COc1cc(C(=O)N2CCN(C(=O)C(C)C)CC2)cc(Cl)c1OCC(C)C. The molecule has 150 valence electrons. The van der Waals surface area contributed by atoms with Crippen LogP contribution in [0.2, 0.25) is 5.02 Å². The van der Waals surface area contributed by atoms with Gasteiger partial charge in [-0.1, -0.05) is 39.3 Å². The molecule has 1 aliphatic heterocycles. The molecule has 0 N–H and O–H groups in total. The average molecular weight is 397 g/mol. The van der Waals surface area contributed by atoms with Gasteiger partial charge in [0.15, 0.2) is 11.5 Å². The number of amides is 2. The first-order chi connectivity index (χ1) is 12.7. The van der Waals surface area contributed by atoms with E-state index in [9.17, 15) is 9.59 Å². The van der Waals surface area contributed by atoms with Crippen LogP contribution in [0.15, 0.2) is 12.1 Å². The van der Waals surface area contributed by atoms with Crippen LogP contribution >= 0.6 is 11.6 Å². The first kappa shape index (κ1) is 21.4. The number of nitrogens with zero attached hydrogens (tertiary/aromatic N) is 2. The lowest BCUT2D eigenvalue weighted by Crippen LogP contribution is -2.51. The predicted octanol–water partition coefficient (Wildman–Crippen LogP) is 3.32. The van der Waals surface area contributed by atoms with Crippen molar-refractivity contribution in [1.82, 2.24) is 9.80 Å². The number of halogens is 1. The highest BCUT2D eigenvalue weighted by Crippen LogP contribution is 2.37. The van der Waals surface area contributed by atoms with Crippen LogP contribution in [0.25, 0.3) is 0 Å². The molecule has 7 heteroatoms. The Morgan fingerprint density at radius 3 is 2.19 bits per heavy atom. The fourth-order valence-corrected chi connectivity index (χ4v) is 3.18. The minimum Gasteiger partial charge on any atom is -0.493 e. The summed E-state index contributed by atoms with van der Waals surface area (Å²) >= 11 is 6.35. The molecular formula is C20H29ClN2O4. The summed E-state index contributed by atoms with van der Waals surface area (Å²) in [4.78, 5) is 28.5. The third-order valence-corrected chi connectivity index (χ3v) is 4.69. The molecule has 1 aliphatic rings. The smallest absolute Gasteiger partial charge is 0.254 e. The molecule has 1 aromatic rings. The van der Waals surface area contributed by atoms with Crippen molar-refractivity contribution in [3.8, 4) is 11.5 Å². The summed E-state index contributed by atoms with van der Waals surface area (Å²) in [7, 11) is 1.53. The van der Waals surface area contributed by atoms with Gasteiger partial charge in [0, 0.05) is 37.7 Å². The monoisotopic (exact) mass is 396 g/mol. The summed E-state index contributed by atoms with van der Waals surface area (Å²) in [6.07, 6.45) is 0. The first-order valence-corrected chi connectivity index (χ1v) is 9.70. The van der Waals surface area contributed by atoms with Crippen molar-refractivity contribution < 1.29 is 19.1 Å². The van der Waals surface area contributed by atoms with E-state index in [-0.39, 0.29) is 17.7 Å². The lowest BCUT2D eigenvalue weighted by atomic mass is 10.1. The number of hydrogen-bond donors (Lipinski definition) is 0. The van der Waals surface area contributed by atoms with Gasteiger partial charge in [-0.15, -0.1) is 0 Å². The zero-order valence-electron chi connectivity index (χ0n) is 16.8. The van der Waals surface area contributed by atoms with Crippen molar-refractivity contribution in [2.75, 3.05) is 39.9 Å². The second-order valence-electron chi connectivity index (χ2n) is 7.47. The number of rotatable bonds is 6. The number of benzene rings is 1. The minimum absolute atomic E-state index is 0.0336. The van der Waals surface area contributed by atoms with Gasteiger partial charge in [-0.05, 0) is 18.1 Å². The lowest BCUT2D eigenvalue weighted by Gasteiger charge is -2.35. The summed E-state index contributed by atoms with van der Waals surface area (Å²) in [5.41, 5.74) is 0.456. The summed E-state index contributed by atoms with van der Waals surface area (Å²) < 4.78 is 11.1. The highest BCUT2D eigenvalue weighted by molar-refractivity contribution is 6.32. The summed E-state index contributed by atoms with van der Waals surface area (Å²) in [5, 5.41) is 0.354. The average Bonchev–Trinajstić information content (AvgIpc) is 2.65. The van der Waals surface area contributed by atoms with Crippen LogP contribution in [0, 0.1) is 11.8 Å². The second kappa shape index (κ2) is 9.31. The molecule has 0 radical (unpaired) electrons. The Labute approximate surface area is 166 Å². The van der Waals surface area contributed by atoms with Gasteiger partial charge in [0.05, 0.1) is 18.7 Å². The van der Waals surface area contributed by atoms with E-state index in [0.29, 0.717) is 60.8 Å². The third kappa shape index (κ3) is 5.28. The molecule has 0 unspecified atom stereocenters. The standard InChI is InChI=1S/C20H29ClN2O4/c1-13(2)12-27-18-16(21)10-15(11-17(18)26-5)20(25)23-8-6-22(7-9-23)19(24)14(3)4/h10-11,13-14H,6-9,12H2,1-5H3.